The van der Waals surface area contributed by atoms with Crippen LogP contribution in [-0.2, 0) is 15.9 Å². The number of benzene rings is 2. The van der Waals surface area contributed by atoms with Crippen LogP contribution in [0.15, 0.2) is 30.3 Å². The lowest BCUT2D eigenvalue weighted by molar-refractivity contribution is 0.0208. The van der Waals surface area contributed by atoms with Crippen molar-refractivity contribution >= 4 is 57.2 Å². The van der Waals surface area contributed by atoms with Gasteiger partial charge in [-0.15, -0.1) is 0 Å². The summed E-state index contributed by atoms with van der Waals surface area (Å²) >= 11 is 13.1. The van der Waals surface area contributed by atoms with Crippen LogP contribution in [0.5, 0.6) is 0 Å². The number of hydrogen-bond donors (Lipinski definition) is 1. The highest BCUT2D eigenvalue weighted by Gasteiger charge is 2.58. The van der Waals surface area contributed by atoms with Crippen LogP contribution in [0.1, 0.15) is 69.1 Å². The van der Waals surface area contributed by atoms with Crippen molar-refractivity contribution in [2.45, 2.75) is 83.1 Å². The number of pyridine rings is 1. The number of nitriles is 1. The minimum atomic E-state index is -0.653. The molecule has 2 aromatic carbocycles. The predicted molar refractivity (Wildman–Crippen MR) is 197 cm³/mol. The topological polar surface area (TPSA) is 113 Å². The third-order valence-electron chi connectivity index (χ3n) is 11.4. The Kier molecular flexibility index (Phi) is 8.59. The molecule has 4 aliphatic heterocycles. The summed E-state index contributed by atoms with van der Waals surface area (Å²) in [6.07, 6.45) is 1.33. The number of hydrogen-bond acceptors (Lipinski definition) is 7. The molecule has 6 heterocycles. The van der Waals surface area contributed by atoms with E-state index in [1.807, 2.05) is 43.6 Å². The maximum absolute atomic E-state index is 17.3. The van der Waals surface area contributed by atoms with Crippen molar-refractivity contribution < 1.29 is 23.5 Å². The van der Waals surface area contributed by atoms with Crippen LogP contribution >= 0.6 is 23.2 Å². The molecule has 1 N–H and O–H groups in total. The molecule has 6 atom stereocenters. The smallest absolute Gasteiger partial charge is 0.410 e. The van der Waals surface area contributed by atoms with Crippen LogP contribution in [-0.4, -0.2) is 76.0 Å². The van der Waals surface area contributed by atoms with Gasteiger partial charge in [0.15, 0.2) is 5.82 Å². The number of ether oxygens (including phenoxy) is 2. The van der Waals surface area contributed by atoms with E-state index in [-0.39, 0.29) is 71.0 Å². The van der Waals surface area contributed by atoms with Crippen molar-refractivity contribution in [3.05, 3.63) is 63.1 Å². The van der Waals surface area contributed by atoms with E-state index in [4.69, 9.17) is 37.7 Å². The Bertz CT molecular complexity index is 2190. The zero-order chi connectivity index (χ0) is 36.8. The summed E-state index contributed by atoms with van der Waals surface area (Å²) in [5.41, 5.74) is 3.18. The maximum atomic E-state index is 17.3. The van der Waals surface area contributed by atoms with Gasteiger partial charge in [-0.1, -0.05) is 35.3 Å². The average Bonchev–Trinajstić information content (AvgIpc) is 3.85. The van der Waals surface area contributed by atoms with Crippen molar-refractivity contribution in [1.29, 1.82) is 5.26 Å². The number of likely N-dealkylation sites (tertiary alicyclic amines) is 1. The number of carbonyl (C=O) groups excluding carboxylic acids is 2. The molecule has 9 rings (SSSR count). The van der Waals surface area contributed by atoms with Crippen LogP contribution in [0, 0.1) is 35.9 Å². The molecule has 5 aliphatic rings. The molecule has 4 bridgehead atoms. The van der Waals surface area contributed by atoms with Crippen molar-refractivity contribution in [3.8, 4) is 17.2 Å². The summed E-state index contributed by atoms with van der Waals surface area (Å²) in [7, 11) is 1.41. The first-order chi connectivity index (χ1) is 24.8. The fourth-order valence-electron chi connectivity index (χ4n) is 9.34. The summed E-state index contributed by atoms with van der Waals surface area (Å²) in [6, 6.07) is 10.7. The van der Waals surface area contributed by atoms with E-state index in [1.165, 1.54) is 7.11 Å². The largest absolute Gasteiger partial charge is 0.453 e. The second-order valence-corrected chi connectivity index (χ2v) is 16.4. The van der Waals surface area contributed by atoms with Crippen LogP contribution in [0.4, 0.5) is 14.0 Å². The van der Waals surface area contributed by atoms with E-state index in [0.717, 1.165) is 36.0 Å². The Hall–Kier alpha value is -4.11. The highest BCUT2D eigenvalue weighted by atomic mass is 35.5. The fraction of sp³-hybridized carbons (Fsp3) is 0.487. The lowest BCUT2D eigenvalue weighted by Gasteiger charge is -2.41. The Morgan fingerprint density at radius 2 is 1.90 bits per heavy atom. The fourth-order valence-corrected chi connectivity index (χ4v) is 9.74. The molecule has 2 aromatic heterocycles. The van der Waals surface area contributed by atoms with Gasteiger partial charge in [0.2, 0.25) is 0 Å². The lowest BCUT2D eigenvalue weighted by atomic mass is 9.79. The highest BCUT2D eigenvalue weighted by Crippen LogP contribution is 2.55. The zero-order valence-electron chi connectivity index (χ0n) is 29.8. The van der Waals surface area contributed by atoms with Crippen molar-refractivity contribution in [2.24, 2.45) is 11.8 Å². The molecule has 5 fully saturated rings. The van der Waals surface area contributed by atoms with Gasteiger partial charge in [-0.05, 0) is 76.6 Å². The minimum Gasteiger partial charge on any atom is -0.453 e. The molecule has 0 spiro atoms. The number of rotatable bonds is 5. The van der Waals surface area contributed by atoms with E-state index in [2.05, 4.69) is 22.0 Å². The van der Waals surface area contributed by atoms with Crippen LogP contribution in [0.25, 0.3) is 32.9 Å². The summed E-state index contributed by atoms with van der Waals surface area (Å²) in [5, 5.41) is 15.1. The molecule has 1 aliphatic carbocycles. The standard InChI is InChI=1S/C39H41Cl2FN6O4/c1-19-25-15-29(34-21-12-23(17-44-16-21)47(34)38(50)51-5)48(35-22-14-28(35)46(18-22)37(49)52-39(2,3)4)36(25)26-13-20(8-7-11-43)30(32(42)33(26)45-19)24-9-6-10-27(40)31(24)41/h6,9-10,13,15,21-23,28,34-35,44H,7-8,12,14,16-18H2,1-5H3/t21-,22+,23+,28+,34+,35-/m0/s1. The highest BCUT2D eigenvalue weighted by molar-refractivity contribution is 6.43. The van der Waals surface area contributed by atoms with E-state index >= 15 is 4.39 Å². The molecule has 52 heavy (non-hydrogen) atoms. The molecular formula is C39H41Cl2FN6O4. The Labute approximate surface area is 311 Å². The Balaban J connectivity index is 1.41. The molecule has 1 saturated carbocycles. The second-order valence-electron chi connectivity index (χ2n) is 15.6. The van der Waals surface area contributed by atoms with Crippen molar-refractivity contribution in [3.63, 3.8) is 0 Å². The number of nitrogens with zero attached hydrogens (tertiary/aromatic N) is 5. The molecule has 10 nitrogen and oxygen atoms in total. The van der Waals surface area contributed by atoms with E-state index < -0.39 is 17.5 Å². The van der Waals surface area contributed by atoms with E-state index in [1.54, 1.807) is 18.2 Å². The third-order valence-corrected chi connectivity index (χ3v) is 12.2. The van der Waals surface area contributed by atoms with Gasteiger partial charge in [-0.3, -0.25) is 4.90 Å². The first-order valence-electron chi connectivity index (χ1n) is 17.9. The van der Waals surface area contributed by atoms with Crippen LogP contribution in [0.3, 0.4) is 0 Å². The molecule has 4 aromatic rings. The van der Waals surface area contributed by atoms with Crippen molar-refractivity contribution in [2.75, 3.05) is 26.7 Å². The predicted octanol–water partition coefficient (Wildman–Crippen LogP) is 8.35. The number of aryl methyl sites for hydroxylation is 2. The molecule has 4 saturated heterocycles. The van der Waals surface area contributed by atoms with Gasteiger partial charge in [0.05, 0.1) is 46.9 Å². The first kappa shape index (κ1) is 34.9. The normalized spacial score (nSPS) is 25.1. The Morgan fingerprint density at radius 1 is 1.12 bits per heavy atom. The number of amides is 2. The van der Waals surface area contributed by atoms with Crippen molar-refractivity contribution in [1.82, 2.24) is 24.7 Å². The number of methoxy groups -OCH3 is 1. The molecule has 0 unspecified atom stereocenters. The molecule has 0 radical (unpaired) electrons. The zero-order valence-corrected chi connectivity index (χ0v) is 31.3. The number of aromatic nitrogens is 2. The van der Waals surface area contributed by atoms with Gasteiger partial charge in [0.1, 0.15) is 11.1 Å². The van der Waals surface area contributed by atoms with Gasteiger partial charge in [0.25, 0.3) is 0 Å². The summed E-state index contributed by atoms with van der Waals surface area (Å²) in [4.78, 5) is 35.6. The number of nitrogens with one attached hydrogen (secondary N) is 1. The SMILES string of the molecule is COC(=O)N1[C@H]2CNC[C@H](C2)[C@@H]1c1cc2c(C)nc3c(F)c(-c4cccc(Cl)c4Cl)c(CCC#N)cc3c2n1[C@H]1[C@@H]2C[C@H]1N(C(=O)OC(C)(C)C)C2. The van der Waals surface area contributed by atoms with E-state index in [9.17, 15) is 14.9 Å². The van der Waals surface area contributed by atoms with Gasteiger partial charge in [-0.25, -0.2) is 19.0 Å². The quantitative estimate of drug-likeness (QED) is 0.219. The van der Waals surface area contributed by atoms with Gasteiger partial charge in [0, 0.05) is 71.3 Å². The molecule has 13 heteroatoms. The monoisotopic (exact) mass is 746 g/mol. The summed E-state index contributed by atoms with van der Waals surface area (Å²) < 4.78 is 30.8. The maximum Gasteiger partial charge on any atom is 0.410 e. The van der Waals surface area contributed by atoms with Gasteiger partial charge in [-0.2, -0.15) is 5.26 Å². The molecule has 272 valence electrons. The minimum absolute atomic E-state index is 0.0463. The number of halogens is 3. The number of piperidine rings is 1. The van der Waals surface area contributed by atoms with Crippen LogP contribution < -0.4 is 5.32 Å². The van der Waals surface area contributed by atoms with Gasteiger partial charge >= 0.3 is 12.2 Å². The van der Waals surface area contributed by atoms with E-state index in [0.29, 0.717) is 40.3 Å². The number of fused-ring (bicyclic) bond motifs is 6. The third kappa shape index (κ3) is 5.40. The van der Waals surface area contributed by atoms with Gasteiger partial charge < -0.3 is 24.3 Å². The lowest BCUT2D eigenvalue weighted by Crippen LogP contribution is -2.45. The second kappa shape index (κ2) is 12.8. The Morgan fingerprint density at radius 3 is 2.63 bits per heavy atom. The molecule has 2 amide bonds. The summed E-state index contributed by atoms with van der Waals surface area (Å²) in [5.74, 6) is -0.314. The molecular weight excluding hydrogens is 706 g/mol. The van der Waals surface area contributed by atoms with Crippen LogP contribution in [0.2, 0.25) is 10.0 Å². The average molecular weight is 748 g/mol. The summed E-state index contributed by atoms with van der Waals surface area (Å²) in [6.45, 7) is 9.38. The number of carbonyl (C=O) groups is 2. The first-order valence-corrected chi connectivity index (χ1v) is 18.6.